The number of hydrogen-bond acceptors (Lipinski definition) is 3. The maximum Gasteiger partial charge on any atom is 0.336 e. The van der Waals surface area contributed by atoms with E-state index in [1.807, 2.05) is 0 Å². The van der Waals surface area contributed by atoms with Crippen molar-refractivity contribution in [3.8, 4) is 0 Å². The van der Waals surface area contributed by atoms with E-state index in [1.165, 1.54) is 19.3 Å². The first-order valence-corrected chi connectivity index (χ1v) is 9.37. The molecule has 138 valence electrons. The van der Waals surface area contributed by atoms with Gasteiger partial charge in [-0.25, -0.2) is 4.79 Å². The second kappa shape index (κ2) is 6.40. The van der Waals surface area contributed by atoms with Crippen molar-refractivity contribution in [1.82, 2.24) is 4.90 Å². The highest BCUT2D eigenvalue weighted by Gasteiger charge is 2.60. The lowest BCUT2D eigenvalue weighted by atomic mass is 9.67. The topological polar surface area (TPSA) is 60.8 Å². The second-order valence-electron chi connectivity index (χ2n) is 9.00. The van der Waals surface area contributed by atoms with Crippen LogP contribution in [0.15, 0.2) is 24.3 Å². The second-order valence-corrected chi connectivity index (χ2v) is 9.00. The molecule has 0 saturated heterocycles. The van der Waals surface area contributed by atoms with Crippen molar-refractivity contribution in [2.45, 2.75) is 58.6 Å². The summed E-state index contributed by atoms with van der Waals surface area (Å²) in [6, 6.07) is 7.28. The Bertz CT molecular complexity index is 652. The Morgan fingerprint density at radius 3 is 2.60 bits per heavy atom. The van der Waals surface area contributed by atoms with Gasteiger partial charge in [0.05, 0.1) is 11.7 Å². The average molecular weight is 345 g/mol. The number of carboxylic acid groups (broad SMARTS) is 1. The minimum Gasteiger partial charge on any atom is -0.478 e. The molecule has 4 atom stereocenters. The maximum absolute atomic E-state index is 11.4. The zero-order valence-electron chi connectivity index (χ0n) is 15.8. The third kappa shape index (κ3) is 3.11. The first-order chi connectivity index (χ1) is 11.7. The number of carboxylic acids is 1. The third-order valence-electron chi connectivity index (χ3n) is 6.94. The van der Waals surface area contributed by atoms with Crippen LogP contribution in [0.3, 0.4) is 0 Å². The summed E-state index contributed by atoms with van der Waals surface area (Å²) < 4.78 is 0. The number of carbonyl (C=O) groups is 1. The molecule has 2 fully saturated rings. The van der Waals surface area contributed by atoms with Crippen LogP contribution in [-0.4, -0.2) is 40.7 Å². The van der Waals surface area contributed by atoms with Gasteiger partial charge in [-0.15, -0.1) is 0 Å². The summed E-state index contributed by atoms with van der Waals surface area (Å²) in [6.45, 7) is 7.96. The van der Waals surface area contributed by atoms with Crippen molar-refractivity contribution < 1.29 is 15.0 Å². The molecule has 2 N–H and O–H groups in total. The molecule has 0 aliphatic heterocycles. The predicted octanol–water partition coefficient (Wildman–Crippen LogP) is 3.95. The van der Waals surface area contributed by atoms with E-state index in [4.69, 9.17) is 0 Å². The monoisotopic (exact) mass is 345 g/mol. The Balaban J connectivity index is 1.69. The van der Waals surface area contributed by atoms with Gasteiger partial charge in [-0.3, -0.25) is 0 Å². The first-order valence-electron chi connectivity index (χ1n) is 9.37. The number of hydrogen-bond donors (Lipinski definition) is 2. The smallest absolute Gasteiger partial charge is 0.336 e. The van der Waals surface area contributed by atoms with Gasteiger partial charge in [0.1, 0.15) is 0 Å². The molecule has 3 rings (SSSR count). The molecular formula is C21H31NO3. The number of aromatic carboxylic acids is 1. The highest BCUT2D eigenvalue weighted by Crippen LogP contribution is 2.63. The van der Waals surface area contributed by atoms with Gasteiger partial charge in [-0.05, 0) is 61.1 Å². The molecule has 4 unspecified atom stereocenters. The summed E-state index contributed by atoms with van der Waals surface area (Å²) in [5, 5.41) is 19.9. The van der Waals surface area contributed by atoms with Crippen molar-refractivity contribution in [2.75, 3.05) is 13.6 Å². The number of aliphatic hydroxyl groups excluding tert-OH is 1. The summed E-state index contributed by atoms with van der Waals surface area (Å²) in [5.41, 5.74) is 1.38. The van der Waals surface area contributed by atoms with Crippen LogP contribution in [0.25, 0.3) is 0 Å². The standard InChI is InChI=1S/C21H31NO3/c1-20(2)14-9-11-21(3,13-14)19(20)22(4)12-10-17(23)15-7-5-6-8-16(15)18(24)25/h5-8,14,17,19,23H,9-13H2,1-4H3,(H,24,25). The van der Waals surface area contributed by atoms with E-state index in [1.54, 1.807) is 24.3 Å². The highest BCUT2D eigenvalue weighted by molar-refractivity contribution is 5.89. The lowest BCUT2D eigenvalue weighted by Crippen LogP contribution is -2.51. The molecule has 0 aromatic heterocycles. The molecule has 1 aromatic carbocycles. The Hall–Kier alpha value is -1.39. The number of benzene rings is 1. The molecule has 0 amide bonds. The molecule has 2 bridgehead atoms. The van der Waals surface area contributed by atoms with Crippen molar-refractivity contribution in [3.05, 3.63) is 35.4 Å². The molecule has 25 heavy (non-hydrogen) atoms. The highest BCUT2D eigenvalue weighted by atomic mass is 16.4. The van der Waals surface area contributed by atoms with E-state index < -0.39 is 12.1 Å². The summed E-state index contributed by atoms with van der Waals surface area (Å²) >= 11 is 0. The van der Waals surface area contributed by atoms with Gasteiger partial charge in [0.15, 0.2) is 0 Å². The van der Waals surface area contributed by atoms with Gasteiger partial charge in [0.2, 0.25) is 0 Å². The third-order valence-corrected chi connectivity index (χ3v) is 6.94. The zero-order valence-corrected chi connectivity index (χ0v) is 15.8. The van der Waals surface area contributed by atoms with Crippen LogP contribution in [0.1, 0.15) is 68.5 Å². The van der Waals surface area contributed by atoms with Gasteiger partial charge in [-0.1, -0.05) is 39.0 Å². The van der Waals surface area contributed by atoms with Gasteiger partial charge in [0, 0.05) is 12.6 Å². The van der Waals surface area contributed by atoms with Gasteiger partial charge in [-0.2, -0.15) is 0 Å². The van der Waals surface area contributed by atoms with Crippen LogP contribution in [0, 0.1) is 16.7 Å². The summed E-state index contributed by atoms with van der Waals surface area (Å²) in [5.74, 6) is -0.188. The minimum atomic E-state index is -0.982. The van der Waals surface area contributed by atoms with E-state index in [-0.39, 0.29) is 5.56 Å². The largest absolute Gasteiger partial charge is 0.478 e. The van der Waals surface area contributed by atoms with E-state index in [9.17, 15) is 15.0 Å². The van der Waals surface area contributed by atoms with Gasteiger partial charge >= 0.3 is 5.97 Å². The summed E-state index contributed by atoms with van der Waals surface area (Å²) in [6.07, 6.45) is 3.74. The van der Waals surface area contributed by atoms with Crippen molar-refractivity contribution in [3.63, 3.8) is 0 Å². The Morgan fingerprint density at radius 2 is 2.00 bits per heavy atom. The molecular weight excluding hydrogens is 314 g/mol. The Kier molecular flexibility index (Phi) is 4.71. The molecule has 2 aliphatic carbocycles. The molecule has 0 heterocycles. The van der Waals surface area contributed by atoms with E-state index in [0.717, 1.165) is 12.5 Å². The van der Waals surface area contributed by atoms with Crippen LogP contribution >= 0.6 is 0 Å². The fourth-order valence-corrected chi connectivity index (χ4v) is 5.97. The number of fused-ring (bicyclic) bond motifs is 2. The number of nitrogens with zero attached hydrogens (tertiary/aromatic N) is 1. The van der Waals surface area contributed by atoms with Crippen molar-refractivity contribution in [1.29, 1.82) is 0 Å². The fourth-order valence-electron chi connectivity index (χ4n) is 5.97. The maximum atomic E-state index is 11.4. The van der Waals surface area contributed by atoms with Crippen LogP contribution in [-0.2, 0) is 0 Å². The SMILES string of the molecule is CN(CCC(O)c1ccccc1C(=O)O)C1C2(C)CCC(C2)C1(C)C. The Labute approximate surface area is 150 Å². The summed E-state index contributed by atoms with van der Waals surface area (Å²) in [7, 11) is 2.16. The van der Waals surface area contributed by atoms with Crippen LogP contribution in [0.5, 0.6) is 0 Å². The van der Waals surface area contributed by atoms with Crippen LogP contribution in [0.4, 0.5) is 0 Å². The minimum absolute atomic E-state index is 0.199. The first kappa shape index (κ1) is 18.4. The predicted molar refractivity (Wildman–Crippen MR) is 98.6 cm³/mol. The quantitative estimate of drug-likeness (QED) is 0.819. The zero-order chi connectivity index (χ0) is 18.4. The van der Waals surface area contributed by atoms with Crippen LogP contribution < -0.4 is 0 Å². The van der Waals surface area contributed by atoms with Gasteiger partial charge < -0.3 is 15.1 Å². The van der Waals surface area contributed by atoms with E-state index in [2.05, 4.69) is 32.7 Å². The van der Waals surface area contributed by atoms with Gasteiger partial charge in [0.25, 0.3) is 0 Å². The molecule has 2 aliphatic rings. The lowest BCUT2D eigenvalue weighted by molar-refractivity contribution is 0.0114. The summed E-state index contributed by atoms with van der Waals surface area (Å²) in [4.78, 5) is 13.8. The molecule has 4 nitrogen and oxygen atoms in total. The molecule has 1 aromatic rings. The van der Waals surface area contributed by atoms with E-state index in [0.29, 0.717) is 28.9 Å². The normalized spacial score (nSPS) is 31.4. The van der Waals surface area contributed by atoms with E-state index >= 15 is 0 Å². The molecule has 0 spiro atoms. The van der Waals surface area contributed by atoms with Crippen molar-refractivity contribution in [2.24, 2.45) is 16.7 Å². The molecule has 4 heteroatoms. The molecule has 0 radical (unpaired) electrons. The van der Waals surface area contributed by atoms with Crippen LogP contribution in [0.2, 0.25) is 0 Å². The Morgan fingerprint density at radius 1 is 1.32 bits per heavy atom. The average Bonchev–Trinajstić information content (AvgIpc) is 3.03. The lowest BCUT2D eigenvalue weighted by Gasteiger charge is -2.48. The van der Waals surface area contributed by atoms with Crippen molar-refractivity contribution >= 4 is 5.97 Å². The number of rotatable bonds is 6. The molecule has 2 saturated carbocycles. The number of aliphatic hydroxyl groups is 1. The fraction of sp³-hybridized carbons (Fsp3) is 0.667.